The molecule has 3 amide bonds. The number of hydrogen-bond acceptors (Lipinski definition) is 4. The van der Waals surface area contributed by atoms with E-state index in [2.05, 4.69) is 29.3 Å². The van der Waals surface area contributed by atoms with Crippen molar-refractivity contribution < 1.29 is 14.4 Å². The van der Waals surface area contributed by atoms with Gasteiger partial charge in [-0.05, 0) is 86.2 Å². The molecule has 45 heavy (non-hydrogen) atoms. The van der Waals surface area contributed by atoms with Crippen LogP contribution in [0.1, 0.15) is 35.2 Å². The molecule has 2 aliphatic heterocycles. The molecule has 0 fully saturated rings. The van der Waals surface area contributed by atoms with Crippen molar-refractivity contribution in [3.8, 4) is 0 Å². The molecule has 1 unspecified atom stereocenters. The van der Waals surface area contributed by atoms with Crippen LogP contribution in [0.3, 0.4) is 0 Å². The van der Waals surface area contributed by atoms with Crippen molar-refractivity contribution >= 4 is 51.4 Å². The van der Waals surface area contributed by atoms with Crippen LogP contribution in [-0.4, -0.2) is 41.0 Å². The van der Waals surface area contributed by atoms with E-state index in [0.29, 0.717) is 29.3 Å². The highest BCUT2D eigenvalue weighted by Gasteiger charge is 2.42. The maximum atomic E-state index is 14.7. The number of fused-ring (bicyclic) bond motifs is 3. The lowest BCUT2D eigenvalue weighted by atomic mass is 9.97. The number of aryl methyl sites for hydroxylation is 2. The Morgan fingerprint density at radius 2 is 1.58 bits per heavy atom. The largest absolute Gasteiger partial charge is 0.311 e. The normalized spacial score (nSPS) is 16.8. The van der Waals surface area contributed by atoms with Crippen LogP contribution in [0, 0.1) is 19.8 Å². The number of nitrogens with one attached hydrogen (secondary N) is 1. The summed E-state index contributed by atoms with van der Waals surface area (Å²) in [5, 5.41) is 8.40. The fourth-order valence-corrected chi connectivity index (χ4v) is 6.83. The molecule has 4 aromatic carbocycles. The Balaban J connectivity index is 1.33. The second kappa shape index (κ2) is 11.7. The number of amides is 3. The maximum Gasteiger partial charge on any atom is 0.247 e. The molecule has 1 N–H and O–H groups in total. The number of H-pyrrole nitrogens is 1. The molecule has 0 saturated heterocycles. The van der Waals surface area contributed by atoms with E-state index in [-0.39, 0.29) is 24.8 Å². The topological polar surface area (TPSA) is 89.6 Å². The van der Waals surface area contributed by atoms with E-state index in [1.807, 2.05) is 90.7 Å². The van der Waals surface area contributed by atoms with Crippen molar-refractivity contribution in [3.05, 3.63) is 113 Å². The summed E-state index contributed by atoms with van der Waals surface area (Å²) in [6, 6.07) is 28.6. The van der Waals surface area contributed by atoms with Crippen molar-refractivity contribution in [2.45, 2.75) is 39.5 Å². The zero-order valence-corrected chi connectivity index (χ0v) is 25.5. The Kier molecular flexibility index (Phi) is 7.41. The summed E-state index contributed by atoms with van der Waals surface area (Å²) in [5.41, 5.74) is 7.59. The van der Waals surface area contributed by atoms with Crippen LogP contribution in [0.2, 0.25) is 0 Å². The minimum Gasteiger partial charge on any atom is -0.311 e. The van der Waals surface area contributed by atoms with Gasteiger partial charge in [-0.25, -0.2) is 0 Å². The average molecular weight is 598 g/mol. The van der Waals surface area contributed by atoms with Gasteiger partial charge in [-0.3, -0.25) is 24.4 Å². The van der Waals surface area contributed by atoms with Gasteiger partial charge in [0.05, 0.1) is 22.6 Å². The molecule has 8 heteroatoms. The number of para-hydroxylation sites is 4. The summed E-state index contributed by atoms with van der Waals surface area (Å²) in [4.78, 5) is 48.5. The number of carbonyl (C=O) groups excluding carboxylic acids is 3. The highest BCUT2D eigenvalue weighted by atomic mass is 16.2. The molecule has 0 aliphatic carbocycles. The number of hydrogen-bond donors (Lipinski definition) is 1. The Labute approximate surface area is 262 Å². The van der Waals surface area contributed by atoms with E-state index >= 15 is 0 Å². The molecule has 0 saturated carbocycles. The van der Waals surface area contributed by atoms with E-state index in [9.17, 15) is 14.4 Å². The third-order valence-corrected chi connectivity index (χ3v) is 8.99. The molecular formula is C37H35N5O3. The quantitative estimate of drug-likeness (QED) is 0.237. The van der Waals surface area contributed by atoms with Gasteiger partial charge in [0.1, 0.15) is 12.5 Å². The third kappa shape index (κ3) is 5.16. The Hall–Kier alpha value is -5.24. The maximum absolute atomic E-state index is 14.7. The van der Waals surface area contributed by atoms with Gasteiger partial charge in [-0.2, -0.15) is 5.10 Å². The number of aromatic nitrogens is 2. The molecule has 0 bridgehead atoms. The van der Waals surface area contributed by atoms with Gasteiger partial charge in [0, 0.05) is 29.7 Å². The van der Waals surface area contributed by atoms with Crippen LogP contribution in [0.4, 0.5) is 22.7 Å². The molecule has 7 rings (SSSR count). The highest BCUT2D eigenvalue weighted by Crippen LogP contribution is 2.40. The van der Waals surface area contributed by atoms with E-state index < -0.39 is 11.8 Å². The van der Waals surface area contributed by atoms with Crippen molar-refractivity contribution in [3.63, 3.8) is 0 Å². The lowest BCUT2D eigenvalue weighted by Gasteiger charge is -2.29. The lowest BCUT2D eigenvalue weighted by Crippen LogP contribution is -2.47. The predicted octanol–water partition coefficient (Wildman–Crippen LogP) is 6.42. The number of carbonyl (C=O) groups is 3. The number of nitrogens with zero attached hydrogens (tertiary/aromatic N) is 4. The average Bonchev–Trinajstić information content (AvgIpc) is 3.29. The monoisotopic (exact) mass is 597 g/mol. The number of rotatable bonds is 5. The molecule has 2 aliphatic rings. The van der Waals surface area contributed by atoms with Gasteiger partial charge in [0.25, 0.3) is 0 Å². The van der Waals surface area contributed by atoms with Gasteiger partial charge in [-0.1, -0.05) is 54.6 Å². The van der Waals surface area contributed by atoms with E-state index in [1.54, 1.807) is 4.90 Å². The van der Waals surface area contributed by atoms with Gasteiger partial charge < -0.3 is 9.80 Å². The molecule has 1 aromatic heterocycles. The summed E-state index contributed by atoms with van der Waals surface area (Å²) in [5.74, 6) is -2.04. The Bertz CT molecular complexity index is 1930. The molecular weight excluding hydrogens is 562 g/mol. The molecule has 0 spiro atoms. The van der Waals surface area contributed by atoms with E-state index in [4.69, 9.17) is 0 Å². The molecule has 226 valence electrons. The SMILES string of the molecule is Cc1cc(C)c2c(c1)N(C(=O)CN1C(=O)C(Cc3n[nH]c4ccccc34)C(=O)N(c3ccccc3)c3ccccc31)CCCC2. The summed E-state index contributed by atoms with van der Waals surface area (Å²) in [7, 11) is 0. The fraction of sp³-hybridized carbons (Fsp3) is 0.243. The predicted molar refractivity (Wildman–Crippen MR) is 177 cm³/mol. The highest BCUT2D eigenvalue weighted by molar-refractivity contribution is 6.21. The van der Waals surface area contributed by atoms with Crippen LogP contribution in [-0.2, 0) is 27.2 Å². The zero-order chi connectivity index (χ0) is 31.1. The minimum absolute atomic E-state index is 0.0919. The van der Waals surface area contributed by atoms with Crippen molar-refractivity contribution in [1.29, 1.82) is 0 Å². The summed E-state index contributed by atoms with van der Waals surface area (Å²) >= 11 is 0. The van der Waals surface area contributed by atoms with Crippen LogP contribution in [0.5, 0.6) is 0 Å². The van der Waals surface area contributed by atoms with Gasteiger partial charge in [-0.15, -0.1) is 0 Å². The summed E-state index contributed by atoms with van der Waals surface area (Å²) in [6.45, 7) is 4.54. The summed E-state index contributed by atoms with van der Waals surface area (Å²) in [6.07, 6.45) is 2.87. The standard InChI is InChI=1S/C37H35N5O3/c1-24-20-25(2)27-14-10-11-19-40(34(27)21-24)35(43)23-41-32-17-8-9-18-33(32)42(26-12-4-3-5-13-26)37(45)29(36(41)44)22-31-28-15-6-7-16-30(28)38-39-31/h3-9,12-13,15-18,20-21,29H,10-11,14,19,22-23H2,1-2H3,(H,38,39). The van der Waals surface area contributed by atoms with E-state index in [0.717, 1.165) is 41.4 Å². The van der Waals surface area contributed by atoms with Gasteiger partial charge >= 0.3 is 0 Å². The first-order valence-corrected chi connectivity index (χ1v) is 15.5. The van der Waals surface area contributed by atoms with E-state index in [1.165, 1.54) is 16.0 Å². The molecule has 8 nitrogen and oxygen atoms in total. The minimum atomic E-state index is -1.10. The smallest absolute Gasteiger partial charge is 0.247 e. The molecule has 3 heterocycles. The van der Waals surface area contributed by atoms with Crippen molar-refractivity contribution in [2.75, 3.05) is 27.8 Å². The Morgan fingerprint density at radius 1 is 0.844 bits per heavy atom. The second-order valence-corrected chi connectivity index (χ2v) is 12.0. The summed E-state index contributed by atoms with van der Waals surface area (Å²) < 4.78 is 0. The molecule has 1 atom stereocenters. The van der Waals surface area contributed by atoms with Crippen molar-refractivity contribution in [2.24, 2.45) is 5.92 Å². The van der Waals surface area contributed by atoms with Crippen LogP contribution < -0.4 is 14.7 Å². The Morgan fingerprint density at radius 3 is 2.40 bits per heavy atom. The van der Waals surface area contributed by atoms with Crippen molar-refractivity contribution in [1.82, 2.24) is 10.2 Å². The lowest BCUT2D eigenvalue weighted by molar-refractivity contribution is -0.132. The zero-order valence-electron chi connectivity index (χ0n) is 25.5. The molecule has 0 radical (unpaired) electrons. The molecule has 5 aromatic rings. The first-order valence-electron chi connectivity index (χ1n) is 15.5. The second-order valence-electron chi connectivity index (χ2n) is 12.0. The van der Waals surface area contributed by atoms with Gasteiger partial charge in [0.15, 0.2) is 0 Å². The van der Waals surface area contributed by atoms with Crippen LogP contribution >= 0.6 is 0 Å². The van der Waals surface area contributed by atoms with Gasteiger partial charge in [0.2, 0.25) is 17.7 Å². The number of benzene rings is 4. The first kappa shape index (κ1) is 28.5. The fourth-order valence-electron chi connectivity index (χ4n) is 6.83. The first-order chi connectivity index (χ1) is 21.9. The van der Waals surface area contributed by atoms with Crippen LogP contribution in [0.25, 0.3) is 10.9 Å². The number of aromatic amines is 1. The van der Waals surface area contributed by atoms with Crippen LogP contribution in [0.15, 0.2) is 91.0 Å². The third-order valence-electron chi connectivity index (χ3n) is 8.99. The number of anilines is 4.